The lowest BCUT2D eigenvalue weighted by molar-refractivity contribution is -0.130. The van der Waals surface area contributed by atoms with E-state index in [1.54, 1.807) is 13.2 Å². The van der Waals surface area contributed by atoms with Gasteiger partial charge in [0.2, 0.25) is 5.91 Å². The fourth-order valence-electron chi connectivity index (χ4n) is 5.44. The van der Waals surface area contributed by atoms with Gasteiger partial charge in [-0.3, -0.25) is 14.6 Å². The van der Waals surface area contributed by atoms with Crippen molar-refractivity contribution in [1.82, 2.24) is 29.7 Å². The Morgan fingerprint density at radius 1 is 1.19 bits per heavy atom. The Labute approximate surface area is 252 Å². The van der Waals surface area contributed by atoms with Gasteiger partial charge in [0.15, 0.2) is 5.65 Å². The number of aliphatic hydroxyl groups excluding tert-OH is 1. The van der Waals surface area contributed by atoms with Gasteiger partial charge in [-0.2, -0.15) is 15.2 Å². The van der Waals surface area contributed by atoms with Crippen molar-refractivity contribution in [2.75, 3.05) is 58.7 Å². The molecule has 1 aromatic carbocycles. The highest BCUT2D eigenvalue weighted by molar-refractivity contribution is 5.88. The normalized spacial score (nSPS) is 16.6. The number of anilines is 1. The summed E-state index contributed by atoms with van der Waals surface area (Å²) in [6, 6.07) is 10.4. The number of nitrogens with two attached hydrogens (primary N) is 1. The molecule has 1 aliphatic heterocycles. The molecule has 3 aromatic rings. The summed E-state index contributed by atoms with van der Waals surface area (Å²) in [5.74, 6) is 0.932. The number of aromatic nitrogens is 3. The van der Waals surface area contributed by atoms with Gasteiger partial charge in [-0.05, 0) is 42.9 Å². The first-order chi connectivity index (χ1) is 20.9. The zero-order valence-electron chi connectivity index (χ0n) is 25.1. The average Bonchev–Trinajstić information content (AvgIpc) is 3.80. The number of carbonyl (C=O) groups is 1. The Hall–Kier alpha value is -3.92. The molecule has 1 amide bonds. The Balaban J connectivity index is 1.19. The number of amides is 1. The van der Waals surface area contributed by atoms with Gasteiger partial charge in [-0.25, -0.2) is 0 Å². The number of fused-ring (bicyclic) bond motifs is 1. The number of hydrogen-bond acceptors (Lipinski definition) is 10. The van der Waals surface area contributed by atoms with Gasteiger partial charge in [0.05, 0.1) is 25.6 Å². The average molecular weight is 591 g/mol. The van der Waals surface area contributed by atoms with Gasteiger partial charge in [0.1, 0.15) is 29.4 Å². The minimum absolute atomic E-state index is 0.150. The predicted molar refractivity (Wildman–Crippen MR) is 163 cm³/mol. The van der Waals surface area contributed by atoms with Crippen LogP contribution in [0.25, 0.3) is 11.0 Å². The molecule has 12 heteroatoms. The van der Waals surface area contributed by atoms with Crippen LogP contribution < -0.4 is 20.5 Å². The molecule has 1 saturated carbocycles. The molecule has 1 atom stereocenters. The number of rotatable bonds is 14. The molecular formula is C31H42N8O4. The molecule has 3 heterocycles. The van der Waals surface area contributed by atoms with E-state index in [0.29, 0.717) is 36.4 Å². The summed E-state index contributed by atoms with van der Waals surface area (Å²) in [5, 5.41) is 23.3. The maximum Gasteiger partial charge on any atom is 0.320 e. The molecule has 1 aliphatic carbocycles. The first kappa shape index (κ1) is 30.5. The number of methoxy groups -OCH3 is 1. The van der Waals surface area contributed by atoms with Crippen molar-refractivity contribution in [3.63, 3.8) is 0 Å². The number of nitrogens with zero attached hydrogens (tertiary/aromatic N) is 6. The van der Waals surface area contributed by atoms with E-state index in [0.717, 1.165) is 81.8 Å². The lowest BCUT2D eigenvalue weighted by Gasteiger charge is -2.34. The van der Waals surface area contributed by atoms with Crippen LogP contribution in [0.1, 0.15) is 49.4 Å². The van der Waals surface area contributed by atoms with Crippen LogP contribution in [0.4, 0.5) is 5.82 Å². The molecule has 12 nitrogen and oxygen atoms in total. The van der Waals surface area contributed by atoms with Crippen LogP contribution in [0.5, 0.6) is 11.8 Å². The van der Waals surface area contributed by atoms with Crippen molar-refractivity contribution in [3.8, 4) is 17.8 Å². The fourth-order valence-corrected chi connectivity index (χ4v) is 5.44. The summed E-state index contributed by atoms with van der Waals surface area (Å²) in [5.41, 5.74) is 9.27. The molecule has 5 rings (SSSR count). The smallest absolute Gasteiger partial charge is 0.320 e. The molecule has 2 aliphatic rings. The first-order valence-corrected chi connectivity index (χ1v) is 15.2. The summed E-state index contributed by atoms with van der Waals surface area (Å²) < 4.78 is 13.3. The van der Waals surface area contributed by atoms with Gasteiger partial charge in [0, 0.05) is 51.4 Å². The third kappa shape index (κ3) is 7.54. The van der Waals surface area contributed by atoms with Gasteiger partial charge >= 0.3 is 6.01 Å². The van der Waals surface area contributed by atoms with Crippen LogP contribution in [-0.2, 0) is 17.9 Å². The van der Waals surface area contributed by atoms with E-state index in [1.807, 2.05) is 10.6 Å². The molecule has 0 spiro atoms. The fraction of sp³-hybridized carbons (Fsp3) is 0.548. The third-order valence-corrected chi connectivity index (χ3v) is 8.22. The number of piperazine rings is 1. The Morgan fingerprint density at radius 2 is 1.95 bits per heavy atom. The van der Waals surface area contributed by atoms with Gasteiger partial charge in [0.25, 0.3) is 0 Å². The lowest BCUT2D eigenvalue weighted by Crippen LogP contribution is -2.48. The highest BCUT2D eigenvalue weighted by Crippen LogP contribution is 2.32. The van der Waals surface area contributed by atoms with Crippen molar-refractivity contribution in [2.45, 2.75) is 51.8 Å². The summed E-state index contributed by atoms with van der Waals surface area (Å²) >= 11 is 0. The van der Waals surface area contributed by atoms with Crippen molar-refractivity contribution in [3.05, 3.63) is 41.1 Å². The Morgan fingerprint density at radius 3 is 2.65 bits per heavy atom. The minimum atomic E-state index is -0.855. The zero-order chi connectivity index (χ0) is 30.3. The zero-order valence-corrected chi connectivity index (χ0v) is 25.1. The molecular weight excluding hydrogens is 548 g/mol. The molecule has 4 N–H and O–H groups in total. The van der Waals surface area contributed by atoms with Crippen LogP contribution in [0.2, 0.25) is 0 Å². The Kier molecular flexibility index (Phi) is 9.97. The number of unbranched alkanes of at least 4 members (excludes halogenated alkanes) is 1. The maximum absolute atomic E-state index is 12.0. The molecule has 0 bridgehead atoms. The first-order valence-electron chi connectivity index (χ1n) is 15.2. The van der Waals surface area contributed by atoms with Gasteiger partial charge in [-0.1, -0.05) is 25.5 Å². The van der Waals surface area contributed by atoms with Crippen LogP contribution in [0.3, 0.4) is 0 Å². The van der Waals surface area contributed by atoms with Crippen molar-refractivity contribution < 1.29 is 19.4 Å². The molecule has 230 valence electrons. The lowest BCUT2D eigenvalue weighted by atomic mass is 10.1. The number of benzene rings is 1. The second-order valence-electron chi connectivity index (χ2n) is 11.4. The van der Waals surface area contributed by atoms with E-state index >= 15 is 0 Å². The monoisotopic (exact) mass is 590 g/mol. The summed E-state index contributed by atoms with van der Waals surface area (Å²) in [6.07, 6.45) is 2.91. The van der Waals surface area contributed by atoms with Gasteiger partial charge in [-0.15, -0.1) is 0 Å². The summed E-state index contributed by atoms with van der Waals surface area (Å²) in [4.78, 5) is 25.6. The third-order valence-electron chi connectivity index (χ3n) is 8.22. The largest absolute Gasteiger partial charge is 0.496 e. The number of nitrogens with one attached hydrogen (secondary N) is 1. The second-order valence-corrected chi connectivity index (χ2v) is 11.4. The highest BCUT2D eigenvalue weighted by atomic mass is 16.5. The quantitative estimate of drug-likeness (QED) is 0.238. The molecule has 0 radical (unpaired) electrons. The van der Waals surface area contributed by atoms with E-state index in [2.05, 4.69) is 50.2 Å². The number of aliphatic hydroxyl groups is 1. The van der Waals surface area contributed by atoms with Crippen LogP contribution in [0, 0.1) is 17.2 Å². The molecule has 0 unspecified atom stereocenters. The van der Waals surface area contributed by atoms with E-state index in [-0.39, 0.29) is 23.7 Å². The predicted octanol–water partition coefficient (Wildman–Crippen LogP) is 2.13. The molecule has 2 fully saturated rings. The van der Waals surface area contributed by atoms with E-state index in [1.165, 1.54) is 0 Å². The van der Waals surface area contributed by atoms with Crippen LogP contribution in [0.15, 0.2) is 24.3 Å². The topological polar surface area (TPSA) is 155 Å². The molecule has 1 saturated heterocycles. The SMILES string of the molecule is CCCCOc1nc(N)c2cc(C#N)n(Cc3ccc(CN4CCN(CCNC(=O)[C@@H](O)C5CC5)CC4)cc3OC)c2n1. The highest BCUT2D eigenvalue weighted by Gasteiger charge is 2.34. The number of nitrogen functional groups attached to an aromatic ring is 1. The van der Waals surface area contributed by atoms with E-state index in [9.17, 15) is 15.2 Å². The summed E-state index contributed by atoms with van der Waals surface area (Å²) in [7, 11) is 1.66. The van der Waals surface area contributed by atoms with Crippen LogP contribution in [-0.4, -0.2) is 94.4 Å². The van der Waals surface area contributed by atoms with Crippen molar-refractivity contribution >= 4 is 22.8 Å². The molecule has 2 aromatic heterocycles. The Bertz CT molecular complexity index is 1460. The van der Waals surface area contributed by atoms with Crippen LogP contribution >= 0.6 is 0 Å². The standard InChI is InChI=1S/C31H42N8O4/c1-3-4-15-43-31-35-28(33)25-17-24(18-32)39(29(25)36-31)20-23-6-5-21(16-26(23)42-2)19-38-13-11-37(12-14-38)10-9-34-30(41)27(40)22-7-8-22/h5-6,16-17,22,27,40H,3-4,7-15,19-20H2,1-2H3,(H,34,41)(H2,33,35,36)/t27-/m0/s1. The number of carbonyl (C=O) groups excluding carboxylic acids is 1. The van der Waals surface area contributed by atoms with Crippen molar-refractivity contribution in [1.29, 1.82) is 5.26 Å². The van der Waals surface area contributed by atoms with Crippen molar-refractivity contribution in [2.24, 2.45) is 5.92 Å². The van der Waals surface area contributed by atoms with Gasteiger partial charge < -0.3 is 30.2 Å². The second kappa shape index (κ2) is 14.0. The summed E-state index contributed by atoms with van der Waals surface area (Å²) in [6.45, 7) is 8.79. The van der Waals surface area contributed by atoms with E-state index in [4.69, 9.17) is 15.2 Å². The number of nitriles is 1. The minimum Gasteiger partial charge on any atom is -0.496 e. The number of hydrogen-bond donors (Lipinski definition) is 3. The molecule has 43 heavy (non-hydrogen) atoms. The maximum atomic E-state index is 12.0. The number of ether oxygens (including phenoxy) is 2. The van der Waals surface area contributed by atoms with E-state index < -0.39 is 6.10 Å².